The Bertz CT molecular complexity index is 1450. The van der Waals surface area contributed by atoms with Crippen molar-refractivity contribution in [2.75, 3.05) is 4.31 Å². The summed E-state index contributed by atoms with van der Waals surface area (Å²) in [6.07, 6.45) is 6.18. The minimum Gasteiger partial charge on any atom is -0.337 e. The van der Waals surface area contributed by atoms with Crippen molar-refractivity contribution in [1.82, 2.24) is 9.55 Å². The van der Waals surface area contributed by atoms with Crippen LogP contribution in [0.4, 0.5) is 18.9 Å². The summed E-state index contributed by atoms with van der Waals surface area (Å²) < 4.78 is 73.6. The molecule has 1 heterocycles. The van der Waals surface area contributed by atoms with Crippen molar-refractivity contribution >= 4 is 27.3 Å². The van der Waals surface area contributed by atoms with Gasteiger partial charge in [-0.25, -0.2) is 26.6 Å². The van der Waals surface area contributed by atoms with Gasteiger partial charge in [0.1, 0.15) is 17.5 Å². The summed E-state index contributed by atoms with van der Waals surface area (Å²) in [7, 11) is -4.38. The number of halogens is 4. The topological polar surface area (TPSA) is 55.2 Å². The fraction of sp³-hybridized carbons (Fsp3) is 0.192. The van der Waals surface area contributed by atoms with Crippen LogP contribution in [-0.4, -0.2) is 18.0 Å². The highest BCUT2D eigenvalue weighted by Gasteiger charge is 2.33. The van der Waals surface area contributed by atoms with Gasteiger partial charge < -0.3 is 4.57 Å². The second kappa shape index (κ2) is 10.8. The van der Waals surface area contributed by atoms with Crippen LogP contribution in [-0.2, 0) is 23.0 Å². The molecular weight excluding hydrogens is 511 g/mol. The molecule has 0 bridgehead atoms. The maximum Gasteiger partial charge on any atom is 0.264 e. The molecule has 0 saturated carbocycles. The van der Waals surface area contributed by atoms with Crippen LogP contribution < -0.4 is 4.31 Å². The molecule has 5 nitrogen and oxygen atoms in total. The lowest BCUT2D eigenvalue weighted by atomic mass is 9.97. The Kier molecular flexibility index (Phi) is 7.70. The lowest BCUT2D eigenvalue weighted by molar-refractivity contribution is 0.568. The Morgan fingerprint density at radius 2 is 1.69 bits per heavy atom. The van der Waals surface area contributed by atoms with Crippen LogP contribution in [0.2, 0.25) is 5.02 Å². The smallest absolute Gasteiger partial charge is 0.264 e. The van der Waals surface area contributed by atoms with Crippen molar-refractivity contribution in [3.63, 3.8) is 0 Å². The second-order valence-corrected chi connectivity index (χ2v) is 10.5. The summed E-state index contributed by atoms with van der Waals surface area (Å²) in [6.45, 7) is 2.18. The molecule has 4 rings (SSSR count). The predicted molar refractivity (Wildman–Crippen MR) is 133 cm³/mol. The van der Waals surface area contributed by atoms with E-state index in [0.717, 1.165) is 22.5 Å². The van der Waals surface area contributed by atoms with E-state index < -0.39 is 39.2 Å². The lowest BCUT2D eigenvalue weighted by Crippen LogP contribution is -2.35. The number of anilines is 1. The maximum absolute atomic E-state index is 15.0. The lowest BCUT2D eigenvalue weighted by Gasteiger charge is -2.32. The first-order chi connectivity index (χ1) is 17.2. The largest absolute Gasteiger partial charge is 0.337 e. The van der Waals surface area contributed by atoms with Gasteiger partial charge >= 0.3 is 0 Å². The third kappa shape index (κ3) is 5.57. The van der Waals surface area contributed by atoms with E-state index in [-0.39, 0.29) is 4.90 Å². The summed E-state index contributed by atoms with van der Waals surface area (Å²) >= 11 is 5.92. The van der Waals surface area contributed by atoms with E-state index in [1.165, 1.54) is 42.5 Å². The first-order valence-electron chi connectivity index (χ1n) is 11.2. The normalized spacial score (nSPS) is 12.5. The molecule has 0 aliphatic heterocycles. The van der Waals surface area contributed by atoms with Crippen molar-refractivity contribution in [3.8, 4) is 0 Å². The highest BCUT2D eigenvalue weighted by molar-refractivity contribution is 7.92. The summed E-state index contributed by atoms with van der Waals surface area (Å²) in [5.74, 6) is -2.19. The molecule has 0 amide bonds. The van der Waals surface area contributed by atoms with Gasteiger partial charge in [0.2, 0.25) is 0 Å². The second-order valence-electron chi connectivity index (χ2n) is 8.27. The number of benzene rings is 3. The first kappa shape index (κ1) is 25.8. The van der Waals surface area contributed by atoms with Crippen LogP contribution in [0.5, 0.6) is 0 Å². The molecule has 4 aromatic rings. The Morgan fingerprint density at radius 1 is 1.00 bits per heavy atom. The van der Waals surface area contributed by atoms with Crippen molar-refractivity contribution in [2.24, 2.45) is 0 Å². The van der Waals surface area contributed by atoms with Gasteiger partial charge in [-0.05, 0) is 79.4 Å². The van der Waals surface area contributed by atoms with E-state index in [9.17, 15) is 21.6 Å². The van der Waals surface area contributed by atoms with Crippen molar-refractivity contribution < 1.29 is 21.6 Å². The van der Waals surface area contributed by atoms with Gasteiger partial charge in [0.25, 0.3) is 10.0 Å². The molecule has 0 radical (unpaired) electrons. The van der Waals surface area contributed by atoms with Gasteiger partial charge in [0, 0.05) is 30.0 Å². The van der Waals surface area contributed by atoms with E-state index in [1.807, 2.05) is 10.8 Å². The molecule has 36 heavy (non-hydrogen) atoms. The molecule has 0 aliphatic carbocycles. The van der Waals surface area contributed by atoms with Crippen LogP contribution in [0.25, 0.3) is 0 Å². The zero-order valence-electron chi connectivity index (χ0n) is 19.3. The van der Waals surface area contributed by atoms with E-state index in [0.29, 0.717) is 35.5 Å². The molecule has 0 N–H and O–H groups in total. The summed E-state index contributed by atoms with van der Waals surface area (Å²) in [5.41, 5.74) is 0.588. The van der Waals surface area contributed by atoms with E-state index in [1.54, 1.807) is 19.4 Å². The number of sulfonamides is 1. The number of imidazole rings is 1. The van der Waals surface area contributed by atoms with E-state index in [2.05, 4.69) is 4.98 Å². The number of aromatic nitrogens is 2. The zero-order valence-corrected chi connectivity index (χ0v) is 20.9. The summed E-state index contributed by atoms with van der Waals surface area (Å²) in [6, 6.07) is 11.1. The number of rotatable bonds is 9. The molecular formula is C26H23ClF3N3O2S. The van der Waals surface area contributed by atoms with Gasteiger partial charge in [-0.1, -0.05) is 17.7 Å². The average Bonchev–Trinajstić information content (AvgIpc) is 3.35. The molecule has 188 valence electrons. The Balaban J connectivity index is 1.78. The molecule has 1 atom stereocenters. The molecule has 0 saturated heterocycles. The van der Waals surface area contributed by atoms with Crippen molar-refractivity contribution in [3.05, 3.63) is 113 Å². The highest BCUT2D eigenvalue weighted by Crippen LogP contribution is 2.37. The molecule has 0 spiro atoms. The zero-order chi connectivity index (χ0) is 25.9. The third-order valence-corrected chi connectivity index (χ3v) is 8.00. The molecule has 0 fully saturated rings. The monoisotopic (exact) mass is 533 g/mol. The fourth-order valence-corrected chi connectivity index (χ4v) is 5.88. The Labute approximate surface area is 212 Å². The Morgan fingerprint density at radius 3 is 2.39 bits per heavy atom. The van der Waals surface area contributed by atoms with E-state index in [4.69, 9.17) is 11.6 Å². The maximum atomic E-state index is 15.0. The van der Waals surface area contributed by atoms with Gasteiger partial charge in [-0.3, -0.25) is 4.31 Å². The average molecular weight is 534 g/mol. The minimum absolute atomic E-state index is 0.147. The predicted octanol–water partition coefficient (Wildman–Crippen LogP) is 6.54. The molecule has 3 aromatic carbocycles. The Hall–Kier alpha value is -3.30. The highest BCUT2D eigenvalue weighted by atomic mass is 35.5. The fourth-order valence-electron chi connectivity index (χ4n) is 4.12. The van der Waals surface area contributed by atoms with Crippen LogP contribution in [0.3, 0.4) is 0 Å². The van der Waals surface area contributed by atoms with E-state index >= 15 is 0 Å². The van der Waals surface area contributed by atoms with Crippen LogP contribution in [0, 0.1) is 17.5 Å². The molecule has 0 aliphatic rings. The van der Waals surface area contributed by atoms with Gasteiger partial charge in [0.05, 0.1) is 23.0 Å². The molecule has 10 heteroatoms. The van der Waals surface area contributed by atoms with Gasteiger partial charge in [-0.15, -0.1) is 0 Å². The molecule has 1 aromatic heterocycles. The number of hydrogen-bond acceptors (Lipinski definition) is 3. The summed E-state index contributed by atoms with van der Waals surface area (Å²) in [4.78, 5) is 3.85. The molecule has 0 unspecified atom stereocenters. The SMILES string of the molecule is C[C@H](c1ccc(F)cc1CCCn1ccnc1)N(c1cc(F)ccc1F)S(=O)(=O)c1ccc(Cl)cc1. The van der Waals surface area contributed by atoms with Crippen LogP contribution >= 0.6 is 11.6 Å². The van der Waals surface area contributed by atoms with Crippen molar-refractivity contribution in [2.45, 2.75) is 37.2 Å². The van der Waals surface area contributed by atoms with Gasteiger partial charge in [0.15, 0.2) is 0 Å². The summed E-state index contributed by atoms with van der Waals surface area (Å²) in [5, 5.41) is 0.323. The third-order valence-electron chi connectivity index (χ3n) is 5.84. The number of nitrogens with zero attached hydrogens (tertiary/aromatic N) is 3. The number of aryl methyl sites for hydroxylation is 2. The van der Waals surface area contributed by atoms with Crippen LogP contribution in [0.1, 0.15) is 30.5 Å². The minimum atomic E-state index is -4.38. The first-order valence-corrected chi connectivity index (χ1v) is 13.0. The standard InChI is InChI=1S/C26H23ClF3N3O2S/c1-18(24-10-6-21(28)15-19(24)3-2-13-32-14-12-31-17-32)33(26-16-22(29)7-11-25(26)30)36(34,35)23-8-4-20(27)5-9-23/h4-12,14-18H,2-3,13H2,1H3/t18-/m1/s1. The quantitative estimate of drug-likeness (QED) is 0.245. The number of hydrogen-bond donors (Lipinski definition) is 0. The van der Waals surface area contributed by atoms with Crippen LogP contribution in [0.15, 0.2) is 84.3 Å². The van der Waals surface area contributed by atoms with Gasteiger partial charge in [-0.2, -0.15) is 0 Å². The van der Waals surface area contributed by atoms with Crippen molar-refractivity contribution in [1.29, 1.82) is 0 Å².